The number of hydrogen-bond donors (Lipinski definition) is 1. The molecule has 1 aliphatic rings. The second-order valence-electron chi connectivity index (χ2n) is 4.93. The second kappa shape index (κ2) is 7.09. The smallest absolute Gasteiger partial charge is 0.372 e. The molecule has 112 valence electrons. The van der Waals surface area contributed by atoms with Crippen molar-refractivity contribution < 1.29 is 22.7 Å². The summed E-state index contributed by atoms with van der Waals surface area (Å²) >= 11 is 0. The summed E-state index contributed by atoms with van der Waals surface area (Å²) in [7, 11) is 0. The Kier molecular flexibility index (Phi) is 6.06. The second-order valence-corrected chi connectivity index (χ2v) is 4.93. The van der Waals surface area contributed by atoms with Gasteiger partial charge in [0.15, 0.2) is 0 Å². The molecule has 0 unspecified atom stereocenters. The highest BCUT2D eigenvalue weighted by atomic mass is 19.4. The molecule has 1 aliphatic heterocycles. The van der Waals surface area contributed by atoms with Crippen molar-refractivity contribution in [3.63, 3.8) is 0 Å². The van der Waals surface area contributed by atoms with Gasteiger partial charge in [0.2, 0.25) is 5.91 Å². The van der Waals surface area contributed by atoms with Gasteiger partial charge in [-0.25, -0.2) is 0 Å². The number of ether oxygens (including phenoxy) is 1. The summed E-state index contributed by atoms with van der Waals surface area (Å²) in [5, 5.41) is 0. The Labute approximate surface area is 111 Å². The van der Waals surface area contributed by atoms with Crippen LogP contribution in [0.1, 0.15) is 26.2 Å². The molecule has 0 aromatic heterocycles. The Morgan fingerprint density at radius 2 is 2.16 bits per heavy atom. The van der Waals surface area contributed by atoms with Gasteiger partial charge in [-0.1, -0.05) is 6.92 Å². The van der Waals surface area contributed by atoms with Crippen LogP contribution in [-0.2, 0) is 9.53 Å². The summed E-state index contributed by atoms with van der Waals surface area (Å²) < 4.78 is 40.0. The molecular weight excluding hydrogens is 261 g/mol. The maximum Gasteiger partial charge on any atom is 0.411 e. The minimum atomic E-state index is -4.34. The number of nitrogens with two attached hydrogens (primary N) is 1. The van der Waals surface area contributed by atoms with Crippen LogP contribution in [0.15, 0.2) is 0 Å². The fraction of sp³-hybridized carbons (Fsp3) is 0.917. The minimum Gasteiger partial charge on any atom is -0.372 e. The fourth-order valence-corrected chi connectivity index (χ4v) is 2.41. The first-order valence-corrected chi connectivity index (χ1v) is 6.49. The van der Waals surface area contributed by atoms with Crippen LogP contribution in [0.3, 0.4) is 0 Å². The van der Waals surface area contributed by atoms with Gasteiger partial charge in [0.25, 0.3) is 0 Å². The molecule has 0 saturated carbocycles. The quantitative estimate of drug-likeness (QED) is 0.778. The first-order valence-electron chi connectivity index (χ1n) is 6.49. The number of alkyl halides is 3. The average Bonchev–Trinajstić information content (AvgIpc) is 2.33. The monoisotopic (exact) mass is 282 g/mol. The van der Waals surface area contributed by atoms with E-state index < -0.39 is 12.8 Å². The lowest BCUT2D eigenvalue weighted by atomic mass is 9.90. The van der Waals surface area contributed by atoms with Crippen molar-refractivity contribution in [1.29, 1.82) is 0 Å². The number of amides is 1. The summed E-state index contributed by atoms with van der Waals surface area (Å²) in [6.45, 7) is 1.54. The SMILES string of the molecule is C[C@H]1CCCN(C(=O)CCOCC(F)(F)F)[C@H]1CN. The predicted octanol–water partition coefficient (Wildman–Crippen LogP) is 1.54. The standard InChI is InChI=1S/C12H21F3N2O2/c1-9-3-2-5-17(10(9)7-16)11(18)4-6-19-8-12(13,14)15/h9-10H,2-8,16H2,1H3/t9-,10-/m0/s1. The number of hydrogen-bond acceptors (Lipinski definition) is 3. The lowest BCUT2D eigenvalue weighted by molar-refractivity contribution is -0.175. The minimum absolute atomic E-state index is 0.0103. The highest BCUT2D eigenvalue weighted by Crippen LogP contribution is 2.23. The first-order chi connectivity index (χ1) is 8.85. The molecule has 1 fully saturated rings. The van der Waals surface area contributed by atoms with Gasteiger partial charge in [-0.05, 0) is 18.8 Å². The van der Waals surface area contributed by atoms with E-state index in [9.17, 15) is 18.0 Å². The molecule has 4 nitrogen and oxygen atoms in total. The average molecular weight is 282 g/mol. The number of likely N-dealkylation sites (tertiary alicyclic amines) is 1. The van der Waals surface area contributed by atoms with Crippen LogP contribution in [0, 0.1) is 5.92 Å². The predicted molar refractivity (Wildman–Crippen MR) is 64.4 cm³/mol. The van der Waals surface area contributed by atoms with Crippen molar-refractivity contribution in [3.05, 3.63) is 0 Å². The van der Waals surface area contributed by atoms with E-state index in [1.165, 1.54) is 0 Å². The van der Waals surface area contributed by atoms with Crippen molar-refractivity contribution in [2.75, 3.05) is 26.3 Å². The third kappa shape index (κ3) is 5.36. The van der Waals surface area contributed by atoms with E-state index in [4.69, 9.17) is 5.73 Å². The molecule has 1 saturated heterocycles. The van der Waals surface area contributed by atoms with Gasteiger partial charge in [-0.15, -0.1) is 0 Å². The number of nitrogens with zero attached hydrogens (tertiary/aromatic N) is 1. The van der Waals surface area contributed by atoms with E-state index in [0.717, 1.165) is 12.8 Å². The Morgan fingerprint density at radius 1 is 1.47 bits per heavy atom. The molecule has 0 aromatic rings. The lowest BCUT2D eigenvalue weighted by Gasteiger charge is -2.39. The van der Waals surface area contributed by atoms with Crippen molar-refractivity contribution in [3.8, 4) is 0 Å². The summed E-state index contributed by atoms with van der Waals surface area (Å²) in [4.78, 5) is 13.6. The van der Waals surface area contributed by atoms with Gasteiger partial charge in [0.05, 0.1) is 13.0 Å². The topological polar surface area (TPSA) is 55.6 Å². The summed E-state index contributed by atoms with van der Waals surface area (Å²) in [5.74, 6) is 0.156. The van der Waals surface area contributed by atoms with Crippen LogP contribution < -0.4 is 5.73 Å². The van der Waals surface area contributed by atoms with Gasteiger partial charge < -0.3 is 15.4 Å². The molecule has 19 heavy (non-hydrogen) atoms. The van der Waals surface area contributed by atoms with Crippen LogP contribution in [0.5, 0.6) is 0 Å². The molecule has 2 N–H and O–H groups in total. The highest BCUT2D eigenvalue weighted by Gasteiger charge is 2.31. The molecule has 0 radical (unpaired) electrons. The van der Waals surface area contributed by atoms with Crippen LogP contribution in [0.4, 0.5) is 13.2 Å². The Hall–Kier alpha value is -0.820. The molecule has 2 atom stereocenters. The van der Waals surface area contributed by atoms with Crippen LogP contribution >= 0.6 is 0 Å². The van der Waals surface area contributed by atoms with Crippen molar-refractivity contribution in [2.45, 2.75) is 38.4 Å². The molecule has 0 aromatic carbocycles. The normalized spacial score (nSPS) is 24.6. The summed E-state index contributed by atoms with van der Waals surface area (Å²) in [6, 6.07) is -0.0103. The summed E-state index contributed by atoms with van der Waals surface area (Å²) in [6.07, 6.45) is -2.44. The van der Waals surface area contributed by atoms with E-state index in [1.54, 1.807) is 4.90 Å². The van der Waals surface area contributed by atoms with Crippen molar-refractivity contribution >= 4 is 5.91 Å². The number of piperidine rings is 1. The van der Waals surface area contributed by atoms with Crippen molar-refractivity contribution in [2.24, 2.45) is 11.7 Å². The molecule has 1 amide bonds. The third-order valence-electron chi connectivity index (χ3n) is 3.40. The van der Waals surface area contributed by atoms with E-state index >= 15 is 0 Å². The molecule has 1 heterocycles. The molecule has 0 bridgehead atoms. The van der Waals surface area contributed by atoms with Gasteiger partial charge in [-0.3, -0.25) is 4.79 Å². The third-order valence-corrected chi connectivity index (χ3v) is 3.40. The van der Waals surface area contributed by atoms with E-state index in [1.807, 2.05) is 6.92 Å². The number of halogens is 3. The highest BCUT2D eigenvalue weighted by molar-refractivity contribution is 5.76. The molecule has 1 rings (SSSR count). The summed E-state index contributed by atoms with van der Waals surface area (Å²) in [5.41, 5.74) is 5.66. The Bertz CT molecular complexity index is 297. The van der Waals surface area contributed by atoms with Gasteiger partial charge in [-0.2, -0.15) is 13.2 Å². The zero-order valence-corrected chi connectivity index (χ0v) is 11.1. The Balaban J connectivity index is 2.35. The maximum atomic E-state index is 11.9. The van der Waals surface area contributed by atoms with Crippen LogP contribution in [0.25, 0.3) is 0 Å². The lowest BCUT2D eigenvalue weighted by Crippen LogP contribution is -2.51. The fourth-order valence-electron chi connectivity index (χ4n) is 2.41. The number of carbonyl (C=O) groups is 1. The first kappa shape index (κ1) is 16.2. The van der Waals surface area contributed by atoms with E-state index in [-0.39, 0.29) is 25.0 Å². The van der Waals surface area contributed by atoms with Crippen molar-refractivity contribution in [1.82, 2.24) is 4.90 Å². The van der Waals surface area contributed by atoms with Gasteiger partial charge in [0.1, 0.15) is 6.61 Å². The van der Waals surface area contributed by atoms with E-state index in [2.05, 4.69) is 4.74 Å². The van der Waals surface area contributed by atoms with Crippen LogP contribution in [-0.4, -0.2) is 49.3 Å². The van der Waals surface area contributed by atoms with Crippen LogP contribution in [0.2, 0.25) is 0 Å². The molecule has 0 spiro atoms. The number of rotatable bonds is 5. The Morgan fingerprint density at radius 3 is 2.74 bits per heavy atom. The molecule has 0 aliphatic carbocycles. The zero-order chi connectivity index (χ0) is 14.5. The van der Waals surface area contributed by atoms with E-state index in [0.29, 0.717) is 19.0 Å². The maximum absolute atomic E-state index is 11.9. The molecule has 7 heteroatoms. The van der Waals surface area contributed by atoms with Gasteiger partial charge >= 0.3 is 6.18 Å². The van der Waals surface area contributed by atoms with Gasteiger partial charge in [0, 0.05) is 19.1 Å². The zero-order valence-electron chi connectivity index (χ0n) is 11.1. The number of carbonyl (C=O) groups excluding carboxylic acids is 1. The largest absolute Gasteiger partial charge is 0.411 e. The molecular formula is C12H21F3N2O2.